The van der Waals surface area contributed by atoms with Crippen molar-refractivity contribution in [3.8, 4) is 0 Å². The molecule has 0 amide bonds. The van der Waals surface area contributed by atoms with Crippen molar-refractivity contribution in [3.63, 3.8) is 0 Å². The normalized spacial score (nSPS) is 18.1. The highest BCUT2D eigenvalue weighted by molar-refractivity contribution is 5.33. The molecule has 1 aliphatic rings. The summed E-state index contributed by atoms with van der Waals surface area (Å²) in [5.41, 5.74) is 3.35. The van der Waals surface area contributed by atoms with Crippen molar-refractivity contribution in [2.75, 3.05) is 13.1 Å². The molecule has 2 rings (SSSR count). The average Bonchev–Trinajstić information content (AvgIpc) is 2.97. The zero-order valence-electron chi connectivity index (χ0n) is 9.14. The van der Waals surface area contributed by atoms with E-state index in [1.54, 1.807) is 0 Å². The van der Waals surface area contributed by atoms with Gasteiger partial charge in [0.25, 0.3) is 0 Å². The molecule has 1 nitrogen and oxygen atoms in total. The van der Waals surface area contributed by atoms with Gasteiger partial charge in [-0.1, -0.05) is 36.8 Å². The van der Waals surface area contributed by atoms with Gasteiger partial charge < -0.3 is 5.32 Å². The third-order valence-corrected chi connectivity index (χ3v) is 3.23. The van der Waals surface area contributed by atoms with E-state index in [2.05, 4.69) is 43.4 Å². The molecule has 1 aliphatic carbocycles. The van der Waals surface area contributed by atoms with Crippen molar-refractivity contribution >= 4 is 0 Å². The number of aryl methyl sites for hydroxylation is 1. The van der Waals surface area contributed by atoms with E-state index in [-0.39, 0.29) is 0 Å². The van der Waals surface area contributed by atoms with Crippen LogP contribution in [0, 0.1) is 6.92 Å². The molecule has 1 aromatic rings. The summed E-state index contributed by atoms with van der Waals surface area (Å²) in [6.45, 7) is 6.54. The van der Waals surface area contributed by atoms with Gasteiger partial charge in [-0.25, -0.2) is 0 Å². The molecule has 0 aliphatic heterocycles. The number of hydrogen-bond acceptors (Lipinski definition) is 1. The molecule has 76 valence electrons. The fourth-order valence-electron chi connectivity index (χ4n) is 1.99. The van der Waals surface area contributed by atoms with Crippen molar-refractivity contribution < 1.29 is 0 Å². The predicted molar refractivity (Wildman–Crippen MR) is 60.6 cm³/mol. The van der Waals surface area contributed by atoms with Crippen LogP contribution in [0.25, 0.3) is 0 Å². The van der Waals surface area contributed by atoms with Crippen LogP contribution in [-0.2, 0) is 5.41 Å². The molecule has 14 heavy (non-hydrogen) atoms. The summed E-state index contributed by atoms with van der Waals surface area (Å²) in [7, 11) is 0. The third kappa shape index (κ3) is 1.83. The Kier molecular flexibility index (Phi) is 2.60. The van der Waals surface area contributed by atoms with Gasteiger partial charge in [0.05, 0.1) is 0 Å². The maximum Gasteiger partial charge on any atom is 0.00784 e. The Morgan fingerprint density at radius 3 is 2.36 bits per heavy atom. The number of benzene rings is 1. The Morgan fingerprint density at radius 2 is 1.86 bits per heavy atom. The lowest BCUT2D eigenvalue weighted by Gasteiger charge is -2.16. The Balaban J connectivity index is 2.10. The molecule has 0 heterocycles. The average molecular weight is 189 g/mol. The first kappa shape index (κ1) is 9.72. The summed E-state index contributed by atoms with van der Waals surface area (Å²) < 4.78 is 0. The summed E-state index contributed by atoms with van der Waals surface area (Å²) >= 11 is 0. The van der Waals surface area contributed by atoms with Crippen molar-refractivity contribution in [1.82, 2.24) is 5.32 Å². The zero-order chi connectivity index (χ0) is 10.0. The van der Waals surface area contributed by atoms with E-state index in [9.17, 15) is 0 Å². The molecule has 0 spiro atoms. The molecular formula is C13H19N. The van der Waals surface area contributed by atoms with Crippen LogP contribution in [0.2, 0.25) is 0 Å². The molecule has 0 unspecified atom stereocenters. The van der Waals surface area contributed by atoms with Gasteiger partial charge in [0.15, 0.2) is 0 Å². The van der Waals surface area contributed by atoms with Gasteiger partial charge >= 0.3 is 0 Å². The first-order valence-corrected chi connectivity index (χ1v) is 5.55. The molecule has 0 radical (unpaired) electrons. The van der Waals surface area contributed by atoms with E-state index in [1.165, 1.54) is 24.0 Å². The van der Waals surface area contributed by atoms with Crippen LogP contribution in [0.4, 0.5) is 0 Å². The Labute approximate surface area is 86.5 Å². The molecule has 0 saturated heterocycles. The molecular weight excluding hydrogens is 170 g/mol. The van der Waals surface area contributed by atoms with Crippen LogP contribution in [0.5, 0.6) is 0 Å². The van der Waals surface area contributed by atoms with Gasteiger partial charge in [-0.05, 0) is 31.9 Å². The van der Waals surface area contributed by atoms with Crippen LogP contribution < -0.4 is 5.32 Å². The topological polar surface area (TPSA) is 12.0 Å². The van der Waals surface area contributed by atoms with E-state index < -0.39 is 0 Å². The molecule has 1 N–H and O–H groups in total. The van der Waals surface area contributed by atoms with Crippen molar-refractivity contribution in [3.05, 3.63) is 35.4 Å². The van der Waals surface area contributed by atoms with Crippen LogP contribution in [0.15, 0.2) is 24.3 Å². The zero-order valence-corrected chi connectivity index (χ0v) is 9.14. The fourth-order valence-corrected chi connectivity index (χ4v) is 1.99. The van der Waals surface area contributed by atoms with Gasteiger partial charge in [0, 0.05) is 12.0 Å². The van der Waals surface area contributed by atoms with E-state index in [4.69, 9.17) is 0 Å². The Hall–Kier alpha value is -0.820. The highest BCUT2D eigenvalue weighted by Gasteiger charge is 2.43. The first-order chi connectivity index (χ1) is 6.77. The quantitative estimate of drug-likeness (QED) is 0.767. The lowest BCUT2D eigenvalue weighted by Crippen LogP contribution is -2.26. The van der Waals surface area contributed by atoms with Crippen LogP contribution in [0.1, 0.15) is 30.9 Å². The third-order valence-electron chi connectivity index (χ3n) is 3.23. The second-order valence-corrected chi connectivity index (χ2v) is 4.43. The molecule has 1 saturated carbocycles. The summed E-state index contributed by atoms with van der Waals surface area (Å²) in [4.78, 5) is 0. The summed E-state index contributed by atoms with van der Waals surface area (Å²) in [5, 5.41) is 3.46. The number of nitrogens with one attached hydrogen (secondary N) is 1. The lowest BCUT2D eigenvalue weighted by atomic mass is 9.95. The summed E-state index contributed by atoms with van der Waals surface area (Å²) in [6, 6.07) is 9.03. The second-order valence-electron chi connectivity index (χ2n) is 4.43. The maximum absolute atomic E-state index is 3.46. The SMILES string of the molecule is CCNCC1(c2ccc(C)cc2)CC1. The Bertz CT molecular complexity index is 296. The van der Waals surface area contributed by atoms with Gasteiger partial charge in [-0.2, -0.15) is 0 Å². The van der Waals surface area contributed by atoms with E-state index in [1.807, 2.05) is 0 Å². The van der Waals surface area contributed by atoms with E-state index in [0.29, 0.717) is 5.41 Å². The minimum Gasteiger partial charge on any atom is -0.316 e. The first-order valence-electron chi connectivity index (χ1n) is 5.55. The van der Waals surface area contributed by atoms with Crippen molar-refractivity contribution in [2.24, 2.45) is 0 Å². The van der Waals surface area contributed by atoms with Gasteiger partial charge in [-0.3, -0.25) is 0 Å². The molecule has 0 bridgehead atoms. The number of hydrogen-bond donors (Lipinski definition) is 1. The van der Waals surface area contributed by atoms with Crippen molar-refractivity contribution in [2.45, 2.75) is 32.1 Å². The molecule has 0 aromatic heterocycles. The van der Waals surface area contributed by atoms with Crippen LogP contribution in [-0.4, -0.2) is 13.1 Å². The molecule has 1 fully saturated rings. The monoisotopic (exact) mass is 189 g/mol. The highest BCUT2D eigenvalue weighted by Crippen LogP contribution is 2.47. The van der Waals surface area contributed by atoms with Gasteiger partial charge in [-0.15, -0.1) is 0 Å². The second kappa shape index (κ2) is 3.74. The minimum atomic E-state index is 0.476. The van der Waals surface area contributed by atoms with Gasteiger partial charge in [0.1, 0.15) is 0 Å². The fraction of sp³-hybridized carbons (Fsp3) is 0.538. The standard InChI is InChI=1S/C13H19N/c1-3-14-10-13(8-9-13)12-6-4-11(2)5-7-12/h4-7,14H,3,8-10H2,1-2H3. The van der Waals surface area contributed by atoms with Crippen LogP contribution in [0.3, 0.4) is 0 Å². The van der Waals surface area contributed by atoms with E-state index >= 15 is 0 Å². The van der Waals surface area contributed by atoms with Crippen molar-refractivity contribution in [1.29, 1.82) is 0 Å². The number of rotatable bonds is 4. The smallest absolute Gasteiger partial charge is 0.00784 e. The molecule has 1 aromatic carbocycles. The highest BCUT2D eigenvalue weighted by atomic mass is 14.9. The van der Waals surface area contributed by atoms with Crippen LogP contribution >= 0.6 is 0 Å². The lowest BCUT2D eigenvalue weighted by molar-refractivity contribution is 0.590. The predicted octanol–water partition coefficient (Wildman–Crippen LogP) is 2.64. The summed E-state index contributed by atoms with van der Waals surface area (Å²) in [6.07, 6.45) is 2.70. The number of likely N-dealkylation sites (N-methyl/N-ethyl adjacent to an activating group) is 1. The Morgan fingerprint density at radius 1 is 1.21 bits per heavy atom. The molecule has 1 heteroatoms. The maximum atomic E-state index is 3.46. The molecule has 0 atom stereocenters. The largest absolute Gasteiger partial charge is 0.316 e. The summed E-state index contributed by atoms with van der Waals surface area (Å²) in [5.74, 6) is 0. The minimum absolute atomic E-state index is 0.476. The van der Waals surface area contributed by atoms with Gasteiger partial charge in [0.2, 0.25) is 0 Å². The van der Waals surface area contributed by atoms with E-state index in [0.717, 1.165) is 13.1 Å².